The van der Waals surface area contributed by atoms with Crippen molar-refractivity contribution in [2.45, 2.75) is 70.1 Å². The molecule has 10 heteroatoms. The zero-order chi connectivity index (χ0) is 26.5. The van der Waals surface area contributed by atoms with Crippen LogP contribution in [0.3, 0.4) is 0 Å². The van der Waals surface area contributed by atoms with Gasteiger partial charge in [0.05, 0.1) is 27.4 Å². The van der Waals surface area contributed by atoms with Crippen LogP contribution in [-0.2, 0) is 28.8 Å². The number of aliphatic hydroxyl groups is 1. The largest absolute Gasteiger partial charge is 0.493 e. The lowest BCUT2D eigenvalue weighted by Crippen LogP contribution is -2.72. The van der Waals surface area contributed by atoms with Gasteiger partial charge < -0.3 is 33.5 Å². The summed E-state index contributed by atoms with van der Waals surface area (Å²) < 4.78 is 34.5. The van der Waals surface area contributed by atoms with E-state index in [2.05, 4.69) is 0 Å². The van der Waals surface area contributed by atoms with Gasteiger partial charge in [-0.1, -0.05) is 13.8 Å². The van der Waals surface area contributed by atoms with Crippen LogP contribution in [0.2, 0.25) is 0 Å². The van der Waals surface area contributed by atoms with Crippen LogP contribution >= 0.6 is 0 Å². The molecule has 4 saturated heterocycles. The number of benzene rings is 1. The van der Waals surface area contributed by atoms with Crippen molar-refractivity contribution in [2.75, 3.05) is 21.3 Å². The monoisotopic (exact) mass is 520 g/mol. The lowest BCUT2D eigenvalue weighted by molar-refractivity contribution is -0.577. The lowest BCUT2D eigenvalue weighted by atomic mass is 9.57. The highest BCUT2D eigenvalue weighted by Crippen LogP contribution is 2.60. The standard InChI is InChI=1S/C27H36O10/c1-14-17-11-12-26(3)35-25-27(17,37-36-26)18(13-19(14)28)15(2)24(34-25)33-21(29)10-8-16-7-9-20(30-4)23(32-6)22(16)31-5/h7-10,14-15,17-19,24-25,28H,11-13H2,1-6H3/b10-8+/t14-,15+,17-,18-,19+,24+,25+,26+,27+/m0/s1. The normalized spacial score (nSPS) is 40.6. The predicted octanol–water partition coefficient (Wildman–Crippen LogP) is 3.45. The zero-order valence-electron chi connectivity index (χ0n) is 22.1. The van der Waals surface area contributed by atoms with Gasteiger partial charge >= 0.3 is 5.97 Å². The molecule has 9 atom stereocenters. The summed E-state index contributed by atoms with van der Waals surface area (Å²) in [7, 11) is 4.57. The van der Waals surface area contributed by atoms with Crippen LogP contribution in [0.25, 0.3) is 6.08 Å². The molecule has 0 radical (unpaired) electrons. The molecule has 4 heterocycles. The maximum absolute atomic E-state index is 12.9. The van der Waals surface area contributed by atoms with Gasteiger partial charge in [0.2, 0.25) is 17.8 Å². The first-order chi connectivity index (χ1) is 17.7. The Morgan fingerprint density at radius 1 is 1.05 bits per heavy atom. The van der Waals surface area contributed by atoms with Crippen LogP contribution in [-0.4, -0.2) is 62.5 Å². The van der Waals surface area contributed by atoms with Gasteiger partial charge in [-0.2, -0.15) is 0 Å². The molecule has 1 aromatic carbocycles. The van der Waals surface area contributed by atoms with Gasteiger partial charge in [-0.05, 0) is 43.9 Å². The van der Waals surface area contributed by atoms with Gasteiger partial charge in [0, 0.05) is 35.8 Å². The van der Waals surface area contributed by atoms with E-state index in [1.54, 1.807) is 18.2 Å². The van der Waals surface area contributed by atoms with E-state index in [-0.39, 0.29) is 23.7 Å². The van der Waals surface area contributed by atoms with Crippen molar-refractivity contribution >= 4 is 12.0 Å². The average Bonchev–Trinajstić information content (AvgIpc) is 3.12. The second-order valence-corrected chi connectivity index (χ2v) is 10.6. The van der Waals surface area contributed by atoms with Gasteiger partial charge in [-0.15, -0.1) is 0 Å². The highest BCUT2D eigenvalue weighted by molar-refractivity contribution is 5.88. The third-order valence-electron chi connectivity index (χ3n) is 8.58. The van der Waals surface area contributed by atoms with Crippen molar-refractivity contribution in [1.82, 2.24) is 0 Å². The van der Waals surface area contributed by atoms with E-state index in [1.807, 2.05) is 20.8 Å². The number of carbonyl (C=O) groups is 1. The number of fused-ring (bicyclic) bond motifs is 2. The molecule has 10 nitrogen and oxygen atoms in total. The van der Waals surface area contributed by atoms with E-state index >= 15 is 0 Å². The fourth-order valence-corrected chi connectivity index (χ4v) is 6.53. The summed E-state index contributed by atoms with van der Waals surface area (Å²) in [6, 6.07) is 3.48. The molecule has 4 aliphatic heterocycles. The summed E-state index contributed by atoms with van der Waals surface area (Å²) in [5.41, 5.74) is -0.261. The summed E-state index contributed by atoms with van der Waals surface area (Å²) in [5.74, 6) is -0.702. The second kappa shape index (κ2) is 9.74. The number of methoxy groups -OCH3 is 3. The average molecular weight is 521 g/mol. The van der Waals surface area contributed by atoms with E-state index < -0.39 is 36.0 Å². The van der Waals surface area contributed by atoms with Gasteiger partial charge in [-0.3, -0.25) is 0 Å². The maximum atomic E-state index is 12.9. The Kier molecular flexibility index (Phi) is 6.91. The molecule has 1 aromatic rings. The highest BCUT2D eigenvalue weighted by Gasteiger charge is 2.71. The molecule has 1 N–H and O–H groups in total. The number of rotatable bonds is 6. The first-order valence-corrected chi connectivity index (χ1v) is 12.7. The van der Waals surface area contributed by atoms with E-state index in [0.717, 1.165) is 6.42 Å². The van der Waals surface area contributed by atoms with E-state index in [0.29, 0.717) is 35.7 Å². The summed E-state index contributed by atoms with van der Waals surface area (Å²) in [6.07, 6.45) is 2.56. The van der Waals surface area contributed by atoms with Gasteiger partial charge in [-0.25, -0.2) is 14.6 Å². The van der Waals surface area contributed by atoms with Gasteiger partial charge in [0.25, 0.3) is 0 Å². The first kappa shape index (κ1) is 26.2. The molecule has 204 valence electrons. The number of hydrogen-bond donors (Lipinski definition) is 1. The predicted molar refractivity (Wildman–Crippen MR) is 129 cm³/mol. The van der Waals surface area contributed by atoms with Crippen LogP contribution in [0.4, 0.5) is 0 Å². The molecule has 0 aromatic heterocycles. The highest BCUT2D eigenvalue weighted by atomic mass is 17.3. The summed E-state index contributed by atoms with van der Waals surface area (Å²) in [6.45, 7) is 5.79. The van der Waals surface area contributed by atoms with Crippen molar-refractivity contribution in [3.8, 4) is 17.2 Å². The number of ether oxygens (including phenoxy) is 6. The Balaban J connectivity index is 1.37. The Bertz CT molecular complexity index is 1050. The first-order valence-electron chi connectivity index (χ1n) is 12.7. The van der Waals surface area contributed by atoms with Crippen molar-refractivity contribution in [3.05, 3.63) is 23.8 Å². The van der Waals surface area contributed by atoms with E-state index in [9.17, 15) is 9.90 Å². The number of esters is 1. The fourth-order valence-electron chi connectivity index (χ4n) is 6.53. The minimum absolute atomic E-state index is 0.0132. The third-order valence-corrected chi connectivity index (χ3v) is 8.58. The number of aliphatic hydroxyl groups excluding tert-OH is 1. The van der Waals surface area contributed by atoms with Crippen LogP contribution in [0.5, 0.6) is 17.2 Å². The Hall–Kier alpha value is -2.37. The summed E-state index contributed by atoms with van der Waals surface area (Å²) in [5, 5.41) is 10.9. The minimum atomic E-state index is -0.971. The van der Waals surface area contributed by atoms with Crippen LogP contribution in [0, 0.1) is 23.7 Å². The van der Waals surface area contributed by atoms with Crippen molar-refractivity contribution < 1.29 is 48.1 Å². The molecule has 0 unspecified atom stereocenters. The summed E-state index contributed by atoms with van der Waals surface area (Å²) in [4.78, 5) is 24.8. The van der Waals surface area contributed by atoms with Gasteiger partial charge in [0.15, 0.2) is 23.4 Å². The van der Waals surface area contributed by atoms with Crippen LogP contribution < -0.4 is 14.2 Å². The van der Waals surface area contributed by atoms with Gasteiger partial charge in [0.1, 0.15) is 0 Å². The molecular weight excluding hydrogens is 484 g/mol. The lowest BCUT2D eigenvalue weighted by Gasteiger charge is -2.60. The molecule has 5 fully saturated rings. The molecule has 1 aliphatic carbocycles. The molecule has 2 bridgehead atoms. The molecule has 0 amide bonds. The second-order valence-electron chi connectivity index (χ2n) is 10.6. The maximum Gasteiger partial charge on any atom is 0.333 e. The van der Waals surface area contributed by atoms with Crippen molar-refractivity contribution in [1.29, 1.82) is 0 Å². The van der Waals surface area contributed by atoms with Crippen LogP contribution in [0.1, 0.15) is 45.6 Å². The number of carbonyl (C=O) groups excluding carboxylic acids is 1. The van der Waals surface area contributed by atoms with E-state index in [4.69, 9.17) is 38.2 Å². The SMILES string of the molecule is COc1ccc(/C=C/C(=O)O[C@@H]2O[C@@H]3O[C@@]4(C)CC[C@H]5[C@H](C)[C@H](O)C[C@@H]([C@H]2C)[C@@]35OO4)c(OC)c1OC. The van der Waals surface area contributed by atoms with Crippen LogP contribution in [0.15, 0.2) is 18.2 Å². The summed E-state index contributed by atoms with van der Waals surface area (Å²) >= 11 is 0. The quantitative estimate of drug-likeness (QED) is 0.340. The number of hydrogen-bond acceptors (Lipinski definition) is 10. The third kappa shape index (κ3) is 4.19. The molecule has 37 heavy (non-hydrogen) atoms. The van der Waals surface area contributed by atoms with Crippen molar-refractivity contribution in [3.63, 3.8) is 0 Å². The molecular formula is C27H36O10. The van der Waals surface area contributed by atoms with Crippen molar-refractivity contribution in [2.24, 2.45) is 23.7 Å². The molecule has 6 rings (SSSR count). The Labute approximate surface area is 216 Å². The molecule has 1 spiro atoms. The Morgan fingerprint density at radius 3 is 2.51 bits per heavy atom. The topological polar surface area (TPSA) is 111 Å². The molecule has 1 saturated carbocycles. The Morgan fingerprint density at radius 2 is 1.81 bits per heavy atom. The fraction of sp³-hybridized carbons (Fsp3) is 0.667. The zero-order valence-corrected chi connectivity index (χ0v) is 22.1. The molecule has 5 aliphatic rings. The van der Waals surface area contributed by atoms with E-state index in [1.165, 1.54) is 27.4 Å². The minimum Gasteiger partial charge on any atom is -0.493 e. The smallest absolute Gasteiger partial charge is 0.333 e.